The van der Waals surface area contributed by atoms with Crippen molar-refractivity contribution >= 4 is 11.6 Å². The van der Waals surface area contributed by atoms with Gasteiger partial charge in [-0.3, -0.25) is 4.90 Å². The molecule has 1 unspecified atom stereocenters. The van der Waals surface area contributed by atoms with Crippen LogP contribution >= 0.6 is 0 Å². The number of fused-ring (bicyclic) bond motifs is 1. The Morgan fingerprint density at radius 3 is 2.58 bits per heavy atom. The summed E-state index contributed by atoms with van der Waals surface area (Å²) in [6.45, 7) is 3.35. The lowest BCUT2D eigenvalue weighted by Gasteiger charge is -2.20. The van der Waals surface area contributed by atoms with Gasteiger partial charge in [-0.1, -0.05) is 30.3 Å². The van der Waals surface area contributed by atoms with Crippen LogP contribution in [-0.4, -0.2) is 40.6 Å². The van der Waals surface area contributed by atoms with Crippen LogP contribution in [0.25, 0.3) is 11.3 Å². The van der Waals surface area contributed by atoms with E-state index >= 15 is 0 Å². The van der Waals surface area contributed by atoms with E-state index in [1.54, 1.807) is 20.2 Å². The quantitative estimate of drug-likeness (QED) is 0.473. The molecule has 0 amide bonds. The molecule has 0 saturated heterocycles. The summed E-state index contributed by atoms with van der Waals surface area (Å²) in [5.41, 5.74) is 2.90. The molecule has 168 valence electrons. The number of oxazole rings is 1. The number of hydrogen-bond donors (Lipinski definition) is 1. The highest BCUT2D eigenvalue weighted by Gasteiger charge is 2.23. The van der Waals surface area contributed by atoms with Crippen LogP contribution in [-0.2, 0) is 6.54 Å². The molecule has 4 heterocycles. The van der Waals surface area contributed by atoms with E-state index in [1.165, 1.54) is 0 Å². The zero-order chi connectivity index (χ0) is 22.8. The fourth-order valence-corrected chi connectivity index (χ4v) is 3.88. The topological polar surface area (TPSA) is 85.5 Å². The number of rotatable bonds is 5. The first-order valence-electron chi connectivity index (χ1n) is 10.7. The molecule has 1 aromatic carbocycles. The number of hydrogen-bond acceptors (Lipinski definition) is 8. The predicted molar refractivity (Wildman–Crippen MR) is 125 cm³/mol. The largest absolute Gasteiger partial charge is 0.480 e. The standard InChI is InChI=1S/C25H25N5O3/c1-16-26-13-20(32-16)19-10-12-23(29-25(19)31-3)27-22-11-9-18-14-30(2)15-21(33-24(18)28-22)17-7-5-4-6-8-17/h4-13,21H,14-15H2,1-3H3,(H,27,28,29). The summed E-state index contributed by atoms with van der Waals surface area (Å²) in [6.07, 6.45) is 1.57. The molecule has 33 heavy (non-hydrogen) atoms. The zero-order valence-corrected chi connectivity index (χ0v) is 18.8. The van der Waals surface area contributed by atoms with Crippen LogP contribution in [0.1, 0.15) is 23.1 Å². The van der Waals surface area contributed by atoms with E-state index in [0.29, 0.717) is 35.0 Å². The number of pyridine rings is 2. The van der Waals surface area contributed by atoms with Gasteiger partial charge in [-0.05, 0) is 36.9 Å². The van der Waals surface area contributed by atoms with E-state index in [9.17, 15) is 0 Å². The smallest absolute Gasteiger partial charge is 0.226 e. The molecule has 1 N–H and O–H groups in total. The van der Waals surface area contributed by atoms with E-state index in [1.807, 2.05) is 42.5 Å². The second-order valence-electron chi connectivity index (χ2n) is 8.00. The number of likely N-dealkylation sites (N-methyl/N-ethyl adjacent to an activating group) is 1. The summed E-state index contributed by atoms with van der Waals surface area (Å²) in [7, 11) is 3.67. The minimum absolute atomic E-state index is 0.0944. The summed E-state index contributed by atoms with van der Waals surface area (Å²) in [6, 6.07) is 17.9. The lowest BCUT2D eigenvalue weighted by molar-refractivity contribution is 0.160. The van der Waals surface area contributed by atoms with E-state index in [0.717, 1.165) is 29.8 Å². The number of anilines is 2. The van der Waals surface area contributed by atoms with Crippen molar-refractivity contribution < 1.29 is 13.9 Å². The van der Waals surface area contributed by atoms with Crippen LogP contribution < -0.4 is 14.8 Å². The summed E-state index contributed by atoms with van der Waals surface area (Å²) in [5, 5.41) is 3.26. The first kappa shape index (κ1) is 21.0. The summed E-state index contributed by atoms with van der Waals surface area (Å²) >= 11 is 0. The molecular formula is C25H25N5O3. The number of nitrogens with one attached hydrogen (secondary N) is 1. The van der Waals surface area contributed by atoms with Gasteiger partial charge in [-0.2, -0.15) is 9.97 Å². The maximum atomic E-state index is 6.36. The Balaban J connectivity index is 1.41. The zero-order valence-electron chi connectivity index (χ0n) is 18.8. The van der Waals surface area contributed by atoms with E-state index < -0.39 is 0 Å². The molecule has 1 aliphatic heterocycles. The monoisotopic (exact) mass is 443 g/mol. The Kier molecular flexibility index (Phi) is 5.66. The third kappa shape index (κ3) is 4.51. The van der Waals surface area contributed by atoms with Crippen LogP contribution in [0.3, 0.4) is 0 Å². The maximum Gasteiger partial charge on any atom is 0.226 e. The third-order valence-corrected chi connectivity index (χ3v) is 5.48. The second kappa shape index (κ2) is 8.91. The highest BCUT2D eigenvalue weighted by molar-refractivity contribution is 5.66. The van der Waals surface area contributed by atoms with Crippen molar-refractivity contribution in [2.24, 2.45) is 0 Å². The fourth-order valence-electron chi connectivity index (χ4n) is 3.88. The average Bonchev–Trinajstić information content (AvgIpc) is 3.18. The van der Waals surface area contributed by atoms with Crippen molar-refractivity contribution in [2.75, 3.05) is 26.0 Å². The van der Waals surface area contributed by atoms with Gasteiger partial charge in [0.2, 0.25) is 11.8 Å². The summed E-state index contributed by atoms with van der Waals surface area (Å²) in [4.78, 5) is 15.7. The van der Waals surface area contributed by atoms with Gasteiger partial charge in [0.25, 0.3) is 0 Å². The molecule has 3 aromatic heterocycles. The average molecular weight is 444 g/mol. The Morgan fingerprint density at radius 1 is 1.03 bits per heavy atom. The minimum atomic E-state index is -0.0944. The van der Waals surface area contributed by atoms with Crippen molar-refractivity contribution in [2.45, 2.75) is 19.6 Å². The Hall–Kier alpha value is -3.91. The van der Waals surface area contributed by atoms with Crippen molar-refractivity contribution in [3.05, 3.63) is 77.8 Å². The SMILES string of the molecule is COc1nc(Nc2ccc3c(n2)OC(c2ccccc2)CN(C)C3)ccc1-c1cnc(C)o1. The summed E-state index contributed by atoms with van der Waals surface area (Å²) < 4.78 is 17.5. The number of aryl methyl sites for hydroxylation is 1. The first-order valence-corrected chi connectivity index (χ1v) is 10.7. The molecule has 8 heteroatoms. The molecule has 0 spiro atoms. The molecule has 1 aliphatic rings. The Labute approximate surface area is 192 Å². The lowest BCUT2D eigenvalue weighted by atomic mass is 10.1. The van der Waals surface area contributed by atoms with Crippen molar-refractivity contribution in [1.82, 2.24) is 19.9 Å². The Bertz CT molecular complexity index is 1260. The minimum Gasteiger partial charge on any atom is -0.480 e. The van der Waals surface area contributed by atoms with Crippen LogP contribution in [0.5, 0.6) is 11.8 Å². The van der Waals surface area contributed by atoms with Gasteiger partial charge in [0.05, 0.1) is 18.9 Å². The van der Waals surface area contributed by atoms with Crippen LogP contribution in [0.15, 0.2) is 65.2 Å². The normalized spacial score (nSPS) is 15.9. The van der Waals surface area contributed by atoms with E-state index in [2.05, 4.69) is 39.4 Å². The number of aromatic nitrogens is 3. The maximum absolute atomic E-state index is 6.36. The van der Waals surface area contributed by atoms with Gasteiger partial charge in [0.1, 0.15) is 17.7 Å². The van der Waals surface area contributed by atoms with Gasteiger partial charge in [-0.25, -0.2) is 4.98 Å². The van der Waals surface area contributed by atoms with Crippen molar-refractivity contribution in [3.8, 4) is 23.1 Å². The number of benzene rings is 1. The van der Waals surface area contributed by atoms with Gasteiger partial charge < -0.3 is 19.2 Å². The highest BCUT2D eigenvalue weighted by atomic mass is 16.5. The molecule has 5 rings (SSSR count). The molecule has 0 aliphatic carbocycles. The Morgan fingerprint density at radius 2 is 1.82 bits per heavy atom. The molecule has 0 radical (unpaired) electrons. The van der Waals surface area contributed by atoms with Crippen molar-refractivity contribution in [3.63, 3.8) is 0 Å². The molecule has 4 aromatic rings. The first-order chi connectivity index (χ1) is 16.1. The molecular weight excluding hydrogens is 418 g/mol. The summed E-state index contributed by atoms with van der Waals surface area (Å²) in [5.74, 6) is 3.50. The van der Waals surface area contributed by atoms with Crippen molar-refractivity contribution in [1.29, 1.82) is 0 Å². The third-order valence-electron chi connectivity index (χ3n) is 5.48. The fraction of sp³-hybridized carbons (Fsp3) is 0.240. The van der Waals surface area contributed by atoms with Crippen LogP contribution in [0, 0.1) is 6.92 Å². The number of ether oxygens (including phenoxy) is 2. The van der Waals surface area contributed by atoms with E-state index in [4.69, 9.17) is 18.9 Å². The van der Waals surface area contributed by atoms with Crippen LogP contribution in [0.2, 0.25) is 0 Å². The number of methoxy groups -OCH3 is 1. The van der Waals surface area contributed by atoms with Crippen LogP contribution in [0.4, 0.5) is 11.6 Å². The van der Waals surface area contributed by atoms with E-state index in [-0.39, 0.29) is 6.10 Å². The highest BCUT2D eigenvalue weighted by Crippen LogP contribution is 2.33. The lowest BCUT2D eigenvalue weighted by Crippen LogP contribution is -2.24. The molecule has 1 atom stereocenters. The number of nitrogens with zero attached hydrogens (tertiary/aromatic N) is 4. The molecule has 0 fully saturated rings. The molecule has 0 saturated carbocycles. The van der Waals surface area contributed by atoms with Gasteiger partial charge in [0, 0.05) is 25.6 Å². The predicted octanol–water partition coefficient (Wildman–Crippen LogP) is 4.76. The second-order valence-corrected chi connectivity index (χ2v) is 8.00. The van der Waals surface area contributed by atoms with Gasteiger partial charge in [-0.15, -0.1) is 0 Å². The molecule has 0 bridgehead atoms. The van der Waals surface area contributed by atoms with Gasteiger partial charge in [0.15, 0.2) is 11.7 Å². The molecule has 8 nitrogen and oxygen atoms in total. The van der Waals surface area contributed by atoms with Gasteiger partial charge >= 0.3 is 0 Å².